The molecular formula is C14H22O4. The van der Waals surface area contributed by atoms with Crippen LogP contribution in [0.2, 0.25) is 0 Å². The summed E-state index contributed by atoms with van der Waals surface area (Å²) in [5.41, 5.74) is -1.24. The highest BCUT2D eigenvalue weighted by Crippen LogP contribution is 2.25. The summed E-state index contributed by atoms with van der Waals surface area (Å²) in [5, 5.41) is 0. The first-order chi connectivity index (χ1) is 8.12. The molecule has 0 aromatic carbocycles. The molecule has 0 aliphatic carbocycles. The Labute approximate surface area is 109 Å². The van der Waals surface area contributed by atoms with Crippen molar-refractivity contribution in [3.8, 4) is 0 Å². The fourth-order valence-electron chi connectivity index (χ4n) is 1.33. The normalized spacial score (nSPS) is 11.6. The van der Waals surface area contributed by atoms with Gasteiger partial charge in [0.05, 0.1) is 0 Å². The van der Waals surface area contributed by atoms with Crippen molar-refractivity contribution in [2.24, 2.45) is 0 Å². The van der Waals surface area contributed by atoms with Crippen molar-refractivity contribution in [3.63, 3.8) is 0 Å². The van der Waals surface area contributed by atoms with Crippen molar-refractivity contribution in [1.29, 1.82) is 0 Å². The molecule has 0 saturated heterocycles. The second kappa shape index (κ2) is 6.38. The van der Waals surface area contributed by atoms with E-state index in [4.69, 9.17) is 9.47 Å². The molecule has 0 aromatic rings. The lowest BCUT2D eigenvalue weighted by molar-refractivity contribution is -0.157. The smallest absolute Gasteiger partial charge is 0.330 e. The highest BCUT2D eigenvalue weighted by atomic mass is 16.6. The summed E-state index contributed by atoms with van der Waals surface area (Å²) in [6.45, 7) is 13.9. The van der Waals surface area contributed by atoms with Crippen molar-refractivity contribution < 1.29 is 19.1 Å². The number of hydrogen-bond acceptors (Lipinski definition) is 4. The lowest BCUT2D eigenvalue weighted by atomic mass is 9.93. The van der Waals surface area contributed by atoms with E-state index in [1.165, 1.54) is 0 Å². The third-order valence-corrected chi connectivity index (χ3v) is 2.42. The minimum absolute atomic E-state index is 0.458. The molecule has 0 bridgehead atoms. The van der Waals surface area contributed by atoms with Gasteiger partial charge in [-0.25, -0.2) is 9.59 Å². The van der Waals surface area contributed by atoms with E-state index in [1.807, 2.05) is 0 Å². The van der Waals surface area contributed by atoms with Crippen molar-refractivity contribution in [2.45, 2.75) is 51.7 Å². The third-order valence-electron chi connectivity index (χ3n) is 2.42. The minimum atomic E-state index is -0.622. The van der Waals surface area contributed by atoms with Crippen LogP contribution in [-0.4, -0.2) is 23.1 Å². The standard InChI is InChI=1S/C14H22O4/c1-7-11(15)17-13(3,4)9-10-14(5,6)18-12(16)8-2/h7-8H,1-2,9-10H2,3-6H3. The number of carbonyl (C=O) groups excluding carboxylic acids is 2. The highest BCUT2D eigenvalue weighted by Gasteiger charge is 2.28. The molecule has 0 radical (unpaired) electrons. The first kappa shape index (κ1) is 16.4. The molecule has 0 aromatic heterocycles. The van der Waals surface area contributed by atoms with Gasteiger partial charge in [0.15, 0.2) is 0 Å². The van der Waals surface area contributed by atoms with Crippen LogP contribution in [0.15, 0.2) is 25.3 Å². The van der Waals surface area contributed by atoms with Gasteiger partial charge in [0, 0.05) is 12.2 Å². The van der Waals surface area contributed by atoms with Gasteiger partial charge in [-0.2, -0.15) is 0 Å². The molecule has 0 unspecified atom stereocenters. The lowest BCUT2D eigenvalue weighted by Crippen LogP contribution is -2.33. The van der Waals surface area contributed by atoms with Crippen LogP contribution in [0.4, 0.5) is 0 Å². The van der Waals surface area contributed by atoms with Gasteiger partial charge in [-0.05, 0) is 40.5 Å². The summed E-state index contributed by atoms with van der Waals surface area (Å²) in [7, 11) is 0. The Morgan fingerprint density at radius 3 is 1.39 bits per heavy atom. The van der Waals surface area contributed by atoms with Crippen LogP contribution in [0, 0.1) is 0 Å². The van der Waals surface area contributed by atoms with E-state index >= 15 is 0 Å². The second-order valence-electron chi connectivity index (χ2n) is 5.27. The Bertz CT molecular complexity index is 306. The Morgan fingerprint density at radius 1 is 0.889 bits per heavy atom. The van der Waals surface area contributed by atoms with Crippen LogP contribution in [0.3, 0.4) is 0 Å². The first-order valence-corrected chi connectivity index (χ1v) is 5.83. The lowest BCUT2D eigenvalue weighted by Gasteiger charge is -2.30. The molecule has 102 valence electrons. The Balaban J connectivity index is 4.36. The van der Waals surface area contributed by atoms with Crippen LogP contribution >= 0.6 is 0 Å². The van der Waals surface area contributed by atoms with Crippen LogP contribution in [0.25, 0.3) is 0 Å². The number of rotatable bonds is 7. The van der Waals surface area contributed by atoms with E-state index in [2.05, 4.69) is 13.2 Å². The molecule has 18 heavy (non-hydrogen) atoms. The summed E-state index contributed by atoms with van der Waals surface area (Å²) in [5.74, 6) is -0.915. The SMILES string of the molecule is C=CC(=O)OC(C)(C)CCC(C)(C)OC(=O)C=C. The predicted molar refractivity (Wildman–Crippen MR) is 70.0 cm³/mol. The summed E-state index contributed by atoms with van der Waals surface area (Å²) >= 11 is 0. The maximum Gasteiger partial charge on any atom is 0.330 e. The molecule has 0 heterocycles. The first-order valence-electron chi connectivity index (χ1n) is 5.83. The Kier molecular flexibility index (Phi) is 5.82. The minimum Gasteiger partial charge on any atom is -0.457 e. The highest BCUT2D eigenvalue weighted by molar-refractivity contribution is 5.82. The fraction of sp³-hybridized carbons (Fsp3) is 0.571. The molecule has 0 amide bonds. The van der Waals surface area contributed by atoms with Crippen LogP contribution < -0.4 is 0 Å². The fourth-order valence-corrected chi connectivity index (χ4v) is 1.33. The molecule has 0 atom stereocenters. The summed E-state index contributed by atoms with van der Waals surface area (Å²) in [4.78, 5) is 22.3. The molecular weight excluding hydrogens is 232 g/mol. The van der Waals surface area contributed by atoms with Crippen molar-refractivity contribution in [3.05, 3.63) is 25.3 Å². The quantitative estimate of drug-likeness (QED) is 0.518. The van der Waals surface area contributed by atoms with Crippen molar-refractivity contribution >= 4 is 11.9 Å². The zero-order valence-corrected chi connectivity index (χ0v) is 11.6. The molecule has 0 N–H and O–H groups in total. The van der Waals surface area contributed by atoms with Crippen LogP contribution in [-0.2, 0) is 19.1 Å². The molecule has 0 aliphatic heterocycles. The Hall–Kier alpha value is -1.58. The van der Waals surface area contributed by atoms with Crippen molar-refractivity contribution in [2.75, 3.05) is 0 Å². The second-order valence-corrected chi connectivity index (χ2v) is 5.27. The number of carbonyl (C=O) groups is 2. The van der Waals surface area contributed by atoms with Gasteiger partial charge >= 0.3 is 11.9 Å². The summed E-state index contributed by atoms with van der Waals surface area (Å²) in [6, 6.07) is 0. The summed E-state index contributed by atoms with van der Waals surface area (Å²) in [6.07, 6.45) is 3.41. The molecule has 4 heteroatoms. The predicted octanol–water partition coefficient (Wildman–Crippen LogP) is 2.78. The van der Waals surface area contributed by atoms with Gasteiger partial charge in [-0.15, -0.1) is 0 Å². The van der Waals surface area contributed by atoms with Gasteiger partial charge in [0.2, 0.25) is 0 Å². The largest absolute Gasteiger partial charge is 0.457 e. The average Bonchev–Trinajstić information content (AvgIpc) is 2.25. The van der Waals surface area contributed by atoms with E-state index in [0.29, 0.717) is 12.8 Å². The maximum absolute atomic E-state index is 11.1. The molecule has 4 nitrogen and oxygen atoms in total. The van der Waals surface area contributed by atoms with E-state index < -0.39 is 23.1 Å². The number of ether oxygens (including phenoxy) is 2. The molecule has 0 spiro atoms. The topological polar surface area (TPSA) is 52.6 Å². The van der Waals surface area contributed by atoms with Crippen LogP contribution in [0.5, 0.6) is 0 Å². The van der Waals surface area contributed by atoms with E-state index in [0.717, 1.165) is 12.2 Å². The van der Waals surface area contributed by atoms with Crippen LogP contribution in [0.1, 0.15) is 40.5 Å². The molecule has 0 aliphatic rings. The monoisotopic (exact) mass is 254 g/mol. The number of esters is 2. The zero-order valence-electron chi connectivity index (χ0n) is 11.6. The molecule has 0 rings (SSSR count). The third kappa shape index (κ3) is 6.89. The zero-order chi connectivity index (χ0) is 14.4. The molecule has 0 fully saturated rings. The number of hydrogen-bond donors (Lipinski definition) is 0. The van der Waals surface area contributed by atoms with E-state index in [1.54, 1.807) is 27.7 Å². The Morgan fingerprint density at radius 2 is 1.17 bits per heavy atom. The van der Waals surface area contributed by atoms with Crippen molar-refractivity contribution in [1.82, 2.24) is 0 Å². The molecule has 0 saturated carbocycles. The van der Waals surface area contributed by atoms with Gasteiger partial charge in [-0.1, -0.05) is 13.2 Å². The van der Waals surface area contributed by atoms with Gasteiger partial charge in [0.1, 0.15) is 11.2 Å². The van der Waals surface area contributed by atoms with E-state index in [-0.39, 0.29) is 0 Å². The van der Waals surface area contributed by atoms with Gasteiger partial charge in [0.25, 0.3) is 0 Å². The summed E-state index contributed by atoms with van der Waals surface area (Å²) < 4.78 is 10.4. The average molecular weight is 254 g/mol. The van der Waals surface area contributed by atoms with Gasteiger partial charge < -0.3 is 9.47 Å². The maximum atomic E-state index is 11.1. The van der Waals surface area contributed by atoms with E-state index in [9.17, 15) is 9.59 Å². The van der Waals surface area contributed by atoms with Gasteiger partial charge in [-0.3, -0.25) is 0 Å².